The largest absolute Gasteiger partial charge is 0.472 e. The highest BCUT2D eigenvalue weighted by Crippen LogP contribution is 2.43. The first-order chi connectivity index (χ1) is 21.9. The van der Waals surface area contributed by atoms with Gasteiger partial charge in [0, 0.05) is 6.54 Å². The predicted molar refractivity (Wildman–Crippen MR) is 192 cm³/mol. The van der Waals surface area contributed by atoms with Gasteiger partial charge in [-0.15, -0.1) is 0 Å². The summed E-state index contributed by atoms with van der Waals surface area (Å²) in [6.07, 6.45) is 36.5. The fourth-order valence-electron chi connectivity index (χ4n) is 5.95. The standard InChI is InChI=1S/C37H78NO6P/c1-3-5-7-9-11-13-15-17-19-21-23-25-27-29-31-38(33-34-43-45(41,42)44-36-37(40)35-39)32-30-28-26-24-22-20-18-16-14-12-10-8-6-4-2/h37,39-40H,3-36H2,1-2H3,(H,41,42)/t37-/m1/s1. The summed E-state index contributed by atoms with van der Waals surface area (Å²) >= 11 is 0. The van der Waals surface area contributed by atoms with Crippen LogP contribution in [0.25, 0.3) is 0 Å². The summed E-state index contributed by atoms with van der Waals surface area (Å²) in [4.78, 5) is 12.3. The summed E-state index contributed by atoms with van der Waals surface area (Å²) < 4.78 is 22.1. The van der Waals surface area contributed by atoms with Crippen LogP contribution in [0.4, 0.5) is 0 Å². The number of rotatable bonds is 38. The van der Waals surface area contributed by atoms with Gasteiger partial charge in [0.15, 0.2) is 0 Å². The van der Waals surface area contributed by atoms with E-state index in [4.69, 9.17) is 14.2 Å². The lowest BCUT2D eigenvalue weighted by molar-refractivity contribution is 0.0349. The van der Waals surface area contributed by atoms with E-state index in [2.05, 4.69) is 18.7 Å². The third-order valence-electron chi connectivity index (χ3n) is 8.96. The van der Waals surface area contributed by atoms with E-state index in [1.807, 2.05) is 0 Å². The Bertz CT molecular complexity index is 594. The highest BCUT2D eigenvalue weighted by Gasteiger charge is 2.22. The van der Waals surface area contributed by atoms with Crippen LogP contribution in [0.5, 0.6) is 0 Å². The molecular formula is C37H78NO6P. The van der Waals surface area contributed by atoms with Crippen LogP contribution in [-0.4, -0.2) is 65.6 Å². The van der Waals surface area contributed by atoms with Gasteiger partial charge in [0.1, 0.15) is 6.10 Å². The Morgan fingerprint density at radius 1 is 0.511 bits per heavy atom. The van der Waals surface area contributed by atoms with Crippen molar-refractivity contribution in [3.63, 3.8) is 0 Å². The fraction of sp³-hybridized carbons (Fsp3) is 1.00. The number of phosphoric ester groups is 1. The lowest BCUT2D eigenvalue weighted by Gasteiger charge is -2.23. The molecule has 0 aliphatic heterocycles. The zero-order chi connectivity index (χ0) is 33.1. The molecule has 0 aromatic rings. The second-order valence-electron chi connectivity index (χ2n) is 13.5. The van der Waals surface area contributed by atoms with E-state index in [1.165, 1.54) is 167 Å². The second kappa shape index (κ2) is 35.3. The van der Waals surface area contributed by atoms with Crippen molar-refractivity contribution >= 4 is 7.82 Å². The first kappa shape index (κ1) is 45.0. The van der Waals surface area contributed by atoms with Crippen molar-refractivity contribution in [2.75, 3.05) is 39.5 Å². The van der Waals surface area contributed by atoms with Gasteiger partial charge in [0.2, 0.25) is 0 Å². The number of unbranched alkanes of at least 4 members (excludes halogenated alkanes) is 26. The molecule has 45 heavy (non-hydrogen) atoms. The molecule has 1 unspecified atom stereocenters. The molecule has 0 saturated carbocycles. The third-order valence-corrected chi connectivity index (χ3v) is 9.94. The molecule has 3 N–H and O–H groups in total. The van der Waals surface area contributed by atoms with Gasteiger partial charge in [0.05, 0.1) is 19.8 Å². The summed E-state index contributed by atoms with van der Waals surface area (Å²) in [7, 11) is -4.24. The number of aliphatic hydroxyl groups excluding tert-OH is 2. The minimum Gasteiger partial charge on any atom is -0.394 e. The van der Waals surface area contributed by atoms with Gasteiger partial charge in [-0.1, -0.05) is 181 Å². The Labute approximate surface area is 280 Å². The molecule has 0 aromatic carbocycles. The van der Waals surface area contributed by atoms with E-state index in [0.29, 0.717) is 6.54 Å². The highest BCUT2D eigenvalue weighted by atomic mass is 31.2. The van der Waals surface area contributed by atoms with Crippen molar-refractivity contribution < 1.29 is 28.7 Å². The van der Waals surface area contributed by atoms with Crippen molar-refractivity contribution in [1.82, 2.24) is 4.90 Å². The van der Waals surface area contributed by atoms with E-state index >= 15 is 0 Å². The van der Waals surface area contributed by atoms with E-state index in [-0.39, 0.29) is 6.61 Å². The molecule has 0 aliphatic carbocycles. The van der Waals surface area contributed by atoms with Gasteiger partial charge >= 0.3 is 7.82 Å². The van der Waals surface area contributed by atoms with E-state index in [1.54, 1.807) is 0 Å². The molecule has 0 bridgehead atoms. The maximum atomic E-state index is 12.1. The van der Waals surface area contributed by atoms with Crippen molar-refractivity contribution in [1.29, 1.82) is 0 Å². The average Bonchev–Trinajstić information content (AvgIpc) is 3.03. The molecule has 0 rings (SSSR count). The van der Waals surface area contributed by atoms with Gasteiger partial charge in [0.25, 0.3) is 0 Å². The molecule has 8 heteroatoms. The zero-order valence-corrected chi connectivity index (χ0v) is 31.0. The van der Waals surface area contributed by atoms with Crippen LogP contribution in [0.3, 0.4) is 0 Å². The van der Waals surface area contributed by atoms with Crippen molar-refractivity contribution in [2.45, 2.75) is 200 Å². The zero-order valence-electron chi connectivity index (χ0n) is 30.1. The molecule has 272 valence electrons. The quantitative estimate of drug-likeness (QED) is 0.0446. The second-order valence-corrected chi connectivity index (χ2v) is 14.9. The molecule has 0 fully saturated rings. The Morgan fingerprint density at radius 2 is 0.822 bits per heavy atom. The summed E-state index contributed by atoms with van der Waals surface area (Å²) in [5, 5.41) is 18.3. The molecule has 0 aliphatic rings. The van der Waals surface area contributed by atoms with Gasteiger partial charge in [-0.3, -0.25) is 9.05 Å². The summed E-state index contributed by atoms with van der Waals surface area (Å²) in [5.41, 5.74) is 0. The molecular weight excluding hydrogens is 585 g/mol. The molecule has 2 atom stereocenters. The molecule has 0 heterocycles. The predicted octanol–water partition coefficient (Wildman–Crippen LogP) is 10.7. The smallest absolute Gasteiger partial charge is 0.394 e. The first-order valence-corrected chi connectivity index (χ1v) is 21.1. The maximum absolute atomic E-state index is 12.1. The topological polar surface area (TPSA) is 99.5 Å². The van der Waals surface area contributed by atoms with Crippen molar-refractivity contribution in [3.05, 3.63) is 0 Å². The molecule has 0 aromatic heterocycles. The van der Waals surface area contributed by atoms with Crippen LogP contribution < -0.4 is 0 Å². The van der Waals surface area contributed by atoms with E-state index < -0.39 is 27.1 Å². The summed E-state index contributed by atoms with van der Waals surface area (Å²) in [5.74, 6) is 0. The van der Waals surface area contributed by atoms with Crippen LogP contribution in [0, 0.1) is 0 Å². The van der Waals surface area contributed by atoms with Crippen molar-refractivity contribution in [3.8, 4) is 0 Å². The Hall–Kier alpha value is -0.0100. The Balaban J connectivity index is 4.08. The van der Waals surface area contributed by atoms with Crippen LogP contribution in [0.2, 0.25) is 0 Å². The minimum atomic E-state index is -4.24. The highest BCUT2D eigenvalue weighted by molar-refractivity contribution is 7.47. The molecule has 7 nitrogen and oxygen atoms in total. The SMILES string of the molecule is CCCCCCCCCCCCCCCCN(CCCCCCCCCCCCCCCC)CCOP(=O)(O)OC[C@H](O)CO. The third kappa shape index (κ3) is 35.1. The lowest BCUT2D eigenvalue weighted by Crippen LogP contribution is -2.30. The fourth-order valence-corrected chi connectivity index (χ4v) is 6.70. The average molecular weight is 664 g/mol. The van der Waals surface area contributed by atoms with Crippen LogP contribution >= 0.6 is 7.82 Å². The molecule has 0 radical (unpaired) electrons. The van der Waals surface area contributed by atoms with Crippen LogP contribution in [0.1, 0.15) is 194 Å². The van der Waals surface area contributed by atoms with Gasteiger partial charge < -0.3 is 20.0 Å². The first-order valence-electron chi connectivity index (χ1n) is 19.6. The number of hydrogen-bond donors (Lipinski definition) is 3. The summed E-state index contributed by atoms with van der Waals surface area (Å²) in [6.45, 7) is 6.28. The van der Waals surface area contributed by atoms with Gasteiger partial charge in [-0.25, -0.2) is 4.57 Å². The van der Waals surface area contributed by atoms with Gasteiger partial charge in [-0.2, -0.15) is 0 Å². The van der Waals surface area contributed by atoms with Crippen molar-refractivity contribution in [2.24, 2.45) is 0 Å². The van der Waals surface area contributed by atoms with E-state index in [0.717, 1.165) is 25.9 Å². The number of aliphatic hydroxyl groups is 2. The minimum absolute atomic E-state index is 0.111. The van der Waals surface area contributed by atoms with E-state index in [9.17, 15) is 14.6 Å². The Kier molecular flexibility index (Phi) is 35.3. The maximum Gasteiger partial charge on any atom is 0.472 e. The normalized spacial score (nSPS) is 13.9. The van der Waals surface area contributed by atoms with Crippen LogP contribution in [-0.2, 0) is 13.6 Å². The lowest BCUT2D eigenvalue weighted by atomic mass is 10.0. The summed E-state index contributed by atoms with van der Waals surface area (Å²) in [6, 6.07) is 0. The molecule has 0 amide bonds. The van der Waals surface area contributed by atoms with Gasteiger partial charge in [-0.05, 0) is 25.9 Å². The monoisotopic (exact) mass is 664 g/mol. The molecule has 0 spiro atoms. The number of phosphoric acid groups is 1. The molecule has 0 saturated heterocycles. The van der Waals surface area contributed by atoms with Crippen LogP contribution in [0.15, 0.2) is 0 Å². The number of nitrogens with zero attached hydrogens (tertiary/aromatic N) is 1. The number of hydrogen-bond acceptors (Lipinski definition) is 6. The Morgan fingerprint density at radius 3 is 1.13 bits per heavy atom.